The molecule has 1 unspecified atom stereocenters. The van der Waals surface area contributed by atoms with Crippen LogP contribution in [-0.2, 0) is 4.79 Å². The van der Waals surface area contributed by atoms with E-state index in [4.69, 9.17) is 0 Å². The molecular weight excluding hydrogens is 278 g/mol. The van der Waals surface area contributed by atoms with Gasteiger partial charge in [0, 0.05) is 0 Å². The zero-order valence-corrected chi connectivity index (χ0v) is 12.2. The Kier molecular flexibility index (Phi) is 4.77. The Labute approximate surface area is 122 Å². The van der Waals surface area contributed by atoms with Crippen molar-refractivity contribution >= 4 is 11.6 Å². The molecule has 1 aromatic rings. The van der Waals surface area contributed by atoms with Crippen LogP contribution in [0.5, 0.6) is 5.75 Å². The summed E-state index contributed by atoms with van der Waals surface area (Å²) in [7, 11) is 0. The van der Waals surface area contributed by atoms with E-state index >= 15 is 0 Å². The van der Waals surface area contributed by atoms with E-state index in [-0.39, 0.29) is 28.8 Å². The molecule has 1 atom stereocenters. The molecule has 2 rings (SSSR count). The number of anilines is 1. The molecule has 2 N–H and O–H groups in total. The van der Waals surface area contributed by atoms with Crippen molar-refractivity contribution in [1.29, 1.82) is 0 Å². The summed E-state index contributed by atoms with van der Waals surface area (Å²) in [6, 6.07) is 5.83. The van der Waals surface area contributed by atoms with E-state index in [1.54, 1.807) is 18.2 Å². The third-order valence-corrected chi connectivity index (χ3v) is 3.75. The Morgan fingerprint density at radius 2 is 2.14 bits per heavy atom. The molecule has 6 heteroatoms. The van der Waals surface area contributed by atoms with Gasteiger partial charge in [0.05, 0.1) is 11.7 Å². The molecule has 1 heterocycles. The standard InChI is InChI=1S/C15H20F2N2O2/c1-15(2)8-5-9-18-12(15)13(20)19-10-6-3-4-7-11(10)21-14(16)17/h3-4,6-7,12,14,18H,5,8-9H2,1-2H3,(H,19,20). The number of amides is 1. The highest BCUT2D eigenvalue weighted by Crippen LogP contribution is 2.32. The first-order valence-electron chi connectivity index (χ1n) is 6.98. The molecule has 1 aliphatic heterocycles. The number of para-hydroxylation sites is 2. The molecule has 0 radical (unpaired) electrons. The van der Waals surface area contributed by atoms with Gasteiger partial charge in [-0.3, -0.25) is 4.79 Å². The summed E-state index contributed by atoms with van der Waals surface area (Å²) in [6.07, 6.45) is 1.95. The predicted octanol–water partition coefficient (Wildman–Crippen LogP) is 3.00. The number of piperidine rings is 1. The molecule has 0 spiro atoms. The lowest BCUT2D eigenvalue weighted by Gasteiger charge is -2.38. The second-order valence-electron chi connectivity index (χ2n) is 5.84. The van der Waals surface area contributed by atoms with Crippen molar-refractivity contribution in [2.75, 3.05) is 11.9 Å². The zero-order valence-electron chi connectivity index (χ0n) is 12.2. The van der Waals surface area contributed by atoms with E-state index in [1.807, 2.05) is 13.8 Å². The summed E-state index contributed by atoms with van der Waals surface area (Å²) in [5, 5.41) is 5.87. The summed E-state index contributed by atoms with van der Waals surface area (Å²) < 4.78 is 29.2. The van der Waals surface area contributed by atoms with Gasteiger partial charge in [0.25, 0.3) is 0 Å². The van der Waals surface area contributed by atoms with E-state index in [0.717, 1.165) is 19.4 Å². The van der Waals surface area contributed by atoms with Crippen LogP contribution < -0.4 is 15.4 Å². The molecule has 0 saturated carbocycles. The van der Waals surface area contributed by atoms with Crippen LogP contribution in [0, 0.1) is 5.41 Å². The van der Waals surface area contributed by atoms with Crippen LogP contribution in [0.3, 0.4) is 0 Å². The number of carbonyl (C=O) groups excluding carboxylic acids is 1. The van der Waals surface area contributed by atoms with Gasteiger partial charge in [-0.15, -0.1) is 0 Å². The van der Waals surface area contributed by atoms with Gasteiger partial charge in [-0.05, 0) is 36.9 Å². The van der Waals surface area contributed by atoms with Crippen molar-refractivity contribution in [3.63, 3.8) is 0 Å². The van der Waals surface area contributed by atoms with Gasteiger partial charge in [-0.25, -0.2) is 0 Å². The Balaban J connectivity index is 2.12. The first-order chi connectivity index (χ1) is 9.90. The number of nitrogens with one attached hydrogen (secondary N) is 2. The Hall–Kier alpha value is -1.69. The van der Waals surface area contributed by atoms with Gasteiger partial charge in [-0.1, -0.05) is 26.0 Å². The van der Waals surface area contributed by atoms with Gasteiger partial charge < -0.3 is 15.4 Å². The number of halogens is 2. The third-order valence-electron chi connectivity index (χ3n) is 3.75. The number of rotatable bonds is 4. The van der Waals surface area contributed by atoms with Crippen molar-refractivity contribution in [3.8, 4) is 5.75 Å². The molecule has 4 nitrogen and oxygen atoms in total. The van der Waals surface area contributed by atoms with Crippen LogP contribution in [0.4, 0.5) is 14.5 Å². The minimum Gasteiger partial charge on any atom is -0.433 e. The van der Waals surface area contributed by atoms with Gasteiger partial charge in [0.2, 0.25) is 5.91 Å². The van der Waals surface area contributed by atoms with E-state index < -0.39 is 6.61 Å². The molecule has 0 bridgehead atoms. The Bertz CT molecular complexity index is 506. The molecule has 0 aromatic heterocycles. The van der Waals surface area contributed by atoms with Crippen LogP contribution in [0.1, 0.15) is 26.7 Å². The van der Waals surface area contributed by atoms with E-state index in [0.29, 0.717) is 0 Å². The fraction of sp³-hybridized carbons (Fsp3) is 0.533. The fourth-order valence-electron chi connectivity index (χ4n) is 2.63. The average Bonchev–Trinajstić information content (AvgIpc) is 2.39. The van der Waals surface area contributed by atoms with Gasteiger partial charge in [0.1, 0.15) is 5.75 Å². The summed E-state index contributed by atoms with van der Waals surface area (Å²) in [4.78, 5) is 12.4. The molecule has 1 saturated heterocycles. The first kappa shape index (κ1) is 15.7. The Morgan fingerprint density at radius 3 is 2.81 bits per heavy atom. The van der Waals surface area contributed by atoms with Crippen molar-refractivity contribution in [2.24, 2.45) is 5.41 Å². The minimum absolute atomic E-state index is 0.0329. The second kappa shape index (κ2) is 6.39. The summed E-state index contributed by atoms with van der Waals surface area (Å²) in [6.45, 7) is 1.89. The topological polar surface area (TPSA) is 50.4 Å². The smallest absolute Gasteiger partial charge is 0.387 e. The molecule has 1 fully saturated rings. The van der Waals surface area contributed by atoms with Crippen LogP contribution in [0.15, 0.2) is 24.3 Å². The van der Waals surface area contributed by atoms with Crippen LogP contribution in [-0.4, -0.2) is 25.1 Å². The molecule has 116 valence electrons. The van der Waals surface area contributed by atoms with Gasteiger partial charge in [0.15, 0.2) is 0 Å². The molecular formula is C15H20F2N2O2. The monoisotopic (exact) mass is 298 g/mol. The molecule has 1 amide bonds. The van der Waals surface area contributed by atoms with E-state index in [1.165, 1.54) is 6.07 Å². The lowest BCUT2D eigenvalue weighted by Crippen LogP contribution is -2.53. The SMILES string of the molecule is CC1(C)CCCNC1C(=O)Nc1ccccc1OC(F)F. The number of ether oxygens (including phenoxy) is 1. The fourth-order valence-corrected chi connectivity index (χ4v) is 2.63. The third kappa shape index (κ3) is 3.91. The Morgan fingerprint density at radius 1 is 1.43 bits per heavy atom. The predicted molar refractivity (Wildman–Crippen MR) is 76.5 cm³/mol. The highest BCUT2D eigenvalue weighted by Gasteiger charge is 2.37. The van der Waals surface area contributed by atoms with Crippen LogP contribution in [0.2, 0.25) is 0 Å². The van der Waals surface area contributed by atoms with E-state index in [9.17, 15) is 13.6 Å². The maximum absolute atomic E-state index is 12.4. The lowest BCUT2D eigenvalue weighted by molar-refractivity contribution is -0.121. The summed E-state index contributed by atoms with van der Waals surface area (Å²) >= 11 is 0. The first-order valence-corrected chi connectivity index (χ1v) is 6.98. The number of alkyl halides is 2. The van der Waals surface area contributed by atoms with Crippen molar-refractivity contribution in [1.82, 2.24) is 5.32 Å². The van der Waals surface area contributed by atoms with Gasteiger partial charge >= 0.3 is 6.61 Å². The minimum atomic E-state index is -2.92. The average molecular weight is 298 g/mol. The molecule has 1 aromatic carbocycles. The lowest BCUT2D eigenvalue weighted by atomic mass is 9.77. The number of hydrogen-bond acceptors (Lipinski definition) is 3. The summed E-state index contributed by atoms with van der Waals surface area (Å²) in [5.41, 5.74) is 0.0758. The number of hydrogen-bond donors (Lipinski definition) is 2. The van der Waals surface area contributed by atoms with Crippen LogP contribution >= 0.6 is 0 Å². The van der Waals surface area contributed by atoms with Gasteiger partial charge in [-0.2, -0.15) is 8.78 Å². The number of benzene rings is 1. The number of carbonyl (C=O) groups is 1. The van der Waals surface area contributed by atoms with Crippen molar-refractivity contribution < 1.29 is 18.3 Å². The van der Waals surface area contributed by atoms with Crippen molar-refractivity contribution in [3.05, 3.63) is 24.3 Å². The second-order valence-corrected chi connectivity index (χ2v) is 5.84. The maximum Gasteiger partial charge on any atom is 0.387 e. The molecule has 0 aliphatic carbocycles. The quantitative estimate of drug-likeness (QED) is 0.898. The molecule has 21 heavy (non-hydrogen) atoms. The maximum atomic E-state index is 12.4. The normalized spacial score (nSPS) is 21.1. The molecule has 1 aliphatic rings. The van der Waals surface area contributed by atoms with Crippen molar-refractivity contribution in [2.45, 2.75) is 39.3 Å². The van der Waals surface area contributed by atoms with Crippen LogP contribution in [0.25, 0.3) is 0 Å². The largest absolute Gasteiger partial charge is 0.433 e. The summed E-state index contributed by atoms with van der Waals surface area (Å²) in [5.74, 6) is -0.264. The zero-order chi connectivity index (χ0) is 15.5. The highest BCUT2D eigenvalue weighted by molar-refractivity contribution is 5.96. The highest BCUT2D eigenvalue weighted by atomic mass is 19.3. The van der Waals surface area contributed by atoms with E-state index in [2.05, 4.69) is 15.4 Å².